The molecule has 0 spiro atoms. The molecule has 0 aromatic carbocycles. The predicted molar refractivity (Wildman–Crippen MR) is 83.2 cm³/mol. The third-order valence-corrected chi connectivity index (χ3v) is 4.58. The topological polar surface area (TPSA) is 69.6 Å². The molecule has 5 nitrogen and oxygen atoms in total. The van der Waals surface area contributed by atoms with E-state index >= 15 is 0 Å². The van der Waals surface area contributed by atoms with Crippen molar-refractivity contribution < 1.29 is 14.7 Å². The van der Waals surface area contributed by atoms with E-state index < -0.39 is 11.4 Å². The second-order valence-electron chi connectivity index (χ2n) is 6.56. The van der Waals surface area contributed by atoms with E-state index in [2.05, 4.69) is 19.2 Å². The van der Waals surface area contributed by atoms with Crippen LogP contribution in [0.25, 0.3) is 0 Å². The number of hydrogen-bond acceptors (Lipinski definition) is 2. The Morgan fingerprint density at radius 2 is 1.86 bits per heavy atom. The van der Waals surface area contributed by atoms with E-state index in [0.29, 0.717) is 24.8 Å². The van der Waals surface area contributed by atoms with Gasteiger partial charge in [0.2, 0.25) is 0 Å². The molecule has 0 radical (unpaired) electrons. The van der Waals surface area contributed by atoms with Crippen molar-refractivity contribution in [2.24, 2.45) is 11.3 Å². The molecular weight excluding hydrogens is 268 g/mol. The molecule has 1 saturated carbocycles. The first kappa shape index (κ1) is 17.8. The van der Waals surface area contributed by atoms with Crippen molar-refractivity contribution in [3.63, 3.8) is 0 Å². The van der Waals surface area contributed by atoms with Gasteiger partial charge in [0.05, 0.1) is 5.41 Å². The SMILES string of the molecule is CCC(CC)(CNC(=O)N(CCC(C)C)C1CC1)C(=O)O. The van der Waals surface area contributed by atoms with E-state index in [1.807, 2.05) is 18.7 Å². The lowest BCUT2D eigenvalue weighted by molar-refractivity contribution is -0.149. The summed E-state index contributed by atoms with van der Waals surface area (Å²) in [5.74, 6) is -0.267. The lowest BCUT2D eigenvalue weighted by Crippen LogP contribution is -2.48. The Hall–Kier alpha value is -1.26. The molecule has 1 rings (SSSR count). The summed E-state index contributed by atoms with van der Waals surface area (Å²) in [6, 6.07) is 0.247. The number of carboxylic acids is 1. The van der Waals surface area contributed by atoms with Crippen molar-refractivity contribution in [3.8, 4) is 0 Å². The number of rotatable bonds is 9. The summed E-state index contributed by atoms with van der Waals surface area (Å²) in [5, 5.41) is 12.3. The van der Waals surface area contributed by atoms with Gasteiger partial charge in [-0.25, -0.2) is 4.79 Å². The molecule has 1 aliphatic carbocycles. The van der Waals surface area contributed by atoms with E-state index in [4.69, 9.17) is 0 Å². The largest absolute Gasteiger partial charge is 0.481 e. The predicted octanol–water partition coefficient (Wildman–Crippen LogP) is 3.10. The summed E-state index contributed by atoms with van der Waals surface area (Å²) in [5.41, 5.74) is -0.844. The van der Waals surface area contributed by atoms with Gasteiger partial charge in [0.15, 0.2) is 0 Å². The third-order valence-electron chi connectivity index (χ3n) is 4.58. The molecule has 0 aliphatic heterocycles. The first-order valence-electron chi connectivity index (χ1n) is 8.14. The highest BCUT2D eigenvalue weighted by Gasteiger charge is 2.37. The average molecular weight is 298 g/mol. The van der Waals surface area contributed by atoms with Gasteiger partial charge in [0.25, 0.3) is 0 Å². The number of aliphatic carboxylic acids is 1. The normalized spacial score (nSPS) is 15.1. The van der Waals surface area contributed by atoms with Crippen LogP contribution in [0.5, 0.6) is 0 Å². The Labute approximate surface area is 128 Å². The van der Waals surface area contributed by atoms with Crippen LogP contribution >= 0.6 is 0 Å². The first-order chi connectivity index (χ1) is 9.86. The van der Waals surface area contributed by atoms with Gasteiger partial charge in [-0.15, -0.1) is 0 Å². The molecular formula is C16H30N2O3. The maximum Gasteiger partial charge on any atom is 0.317 e. The number of hydrogen-bond donors (Lipinski definition) is 2. The number of carbonyl (C=O) groups is 2. The Bertz CT molecular complexity index is 361. The summed E-state index contributed by atoms with van der Waals surface area (Å²) in [7, 11) is 0. The van der Waals surface area contributed by atoms with Gasteiger partial charge in [-0.2, -0.15) is 0 Å². The summed E-state index contributed by atoms with van der Waals surface area (Å²) in [6.45, 7) is 8.98. The van der Waals surface area contributed by atoms with Crippen molar-refractivity contribution in [1.29, 1.82) is 0 Å². The highest BCUT2D eigenvalue weighted by atomic mass is 16.4. The summed E-state index contributed by atoms with van der Waals surface area (Å²) < 4.78 is 0. The Balaban J connectivity index is 2.58. The van der Waals surface area contributed by atoms with Crippen LogP contribution in [0.15, 0.2) is 0 Å². The molecule has 0 heterocycles. The van der Waals surface area contributed by atoms with E-state index in [-0.39, 0.29) is 12.6 Å². The smallest absolute Gasteiger partial charge is 0.317 e. The fourth-order valence-electron chi connectivity index (χ4n) is 2.46. The van der Waals surface area contributed by atoms with Crippen LogP contribution in [0.4, 0.5) is 4.79 Å². The van der Waals surface area contributed by atoms with E-state index in [0.717, 1.165) is 25.8 Å². The van der Waals surface area contributed by atoms with Gasteiger partial charge in [-0.3, -0.25) is 4.79 Å². The molecule has 0 unspecified atom stereocenters. The van der Waals surface area contributed by atoms with Crippen molar-refractivity contribution in [1.82, 2.24) is 10.2 Å². The molecule has 2 amide bonds. The summed E-state index contributed by atoms with van der Waals surface area (Å²) in [4.78, 5) is 25.7. The second kappa shape index (κ2) is 7.66. The molecule has 122 valence electrons. The van der Waals surface area contributed by atoms with Crippen LogP contribution < -0.4 is 5.32 Å². The Morgan fingerprint density at radius 1 is 1.29 bits per heavy atom. The second-order valence-corrected chi connectivity index (χ2v) is 6.56. The summed E-state index contributed by atoms with van der Waals surface area (Å²) in [6.07, 6.45) is 4.16. The fraction of sp³-hybridized carbons (Fsp3) is 0.875. The quantitative estimate of drug-likeness (QED) is 0.687. The standard InChI is InChI=1S/C16H30N2O3/c1-5-16(6-2,14(19)20)11-17-15(21)18(13-7-8-13)10-9-12(3)4/h12-13H,5-11H2,1-4H3,(H,17,21)(H,19,20). The Morgan fingerprint density at radius 3 is 2.24 bits per heavy atom. The maximum atomic E-state index is 12.4. The monoisotopic (exact) mass is 298 g/mol. The molecule has 1 aliphatic rings. The Kier molecular flexibility index (Phi) is 6.49. The van der Waals surface area contributed by atoms with Gasteiger partial charge < -0.3 is 15.3 Å². The number of urea groups is 1. The summed E-state index contributed by atoms with van der Waals surface area (Å²) >= 11 is 0. The number of nitrogens with one attached hydrogen (secondary N) is 1. The lowest BCUT2D eigenvalue weighted by atomic mass is 9.82. The van der Waals surface area contributed by atoms with Gasteiger partial charge in [-0.1, -0.05) is 27.7 Å². The molecule has 0 aromatic heterocycles. The van der Waals surface area contributed by atoms with Crippen LogP contribution in [-0.2, 0) is 4.79 Å². The molecule has 0 bridgehead atoms. The van der Waals surface area contributed by atoms with Crippen LogP contribution in [-0.4, -0.2) is 41.1 Å². The van der Waals surface area contributed by atoms with Gasteiger partial charge in [0, 0.05) is 19.1 Å². The lowest BCUT2D eigenvalue weighted by Gasteiger charge is -2.29. The fourth-order valence-corrected chi connectivity index (χ4v) is 2.46. The van der Waals surface area contributed by atoms with Crippen molar-refractivity contribution >= 4 is 12.0 Å². The van der Waals surface area contributed by atoms with E-state index in [1.165, 1.54) is 0 Å². The number of carbonyl (C=O) groups excluding carboxylic acids is 1. The minimum atomic E-state index is -0.844. The van der Waals surface area contributed by atoms with Gasteiger partial charge in [0.1, 0.15) is 0 Å². The first-order valence-corrected chi connectivity index (χ1v) is 8.14. The van der Waals surface area contributed by atoms with Crippen LogP contribution in [0.2, 0.25) is 0 Å². The van der Waals surface area contributed by atoms with Crippen molar-refractivity contribution in [2.75, 3.05) is 13.1 Å². The van der Waals surface area contributed by atoms with E-state index in [1.54, 1.807) is 0 Å². The minimum Gasteiger partial charge on any atom is -0.481 e. The van der Waals surface area contributed by atoms with Crippen LogP contribution in [0, 0.1) is 11.3 Å². The van der Waals surface area contributed by atoms with Crippen LogP contribution in [0.3, 0.4) is 0 Å². The number of amides is 2. The molecule has 0 saturated heterocycles. The van der Waals surface area contributed by atoms with Gasteiger partial charge >= 0.3 is 12.0 Å². The zero-order valence-corrected chi connectivity index (χ0v) is 13.8. The molecule has 5 heteroatoms. The van der Waals surface area contributed by atoms with E-state index in [9.17, 15) is 14.7 Å². The zero-order valence-electron chi connectivity index (χ0n) is 13.8. The highest BCUT2D eigenvalue weighted by molar-refractivity contribution is 5.78. The molecule has 2 N–H and O–H groups in total. The molecule has 0 atom stereocenters. The average Bonchev–Trinajstić information content (AvgIpc) is 3.24. The number of carboxylic acid groups (broad SMARTS) is 1. The van der Waals surface area contributed by atoms with Gasteiger partial charge in [-0.05, 0) is 38.0 Å². The molecule has 0 aromatic rings. The zero-order chi connectivity index (χ0) is 16.0. The number of nitrogens with zero attached hydrogens (tertiary/aromatic N) is 1. The van der Waals surface area contributed by atoms with Crippen LogP contribution in [0.1, 0.15) is 59.8 Å². The van der Waals surface area contributed by atoms with Crippen molar-refractivity contribution in [3.05, 3.63) is 0 Å². The third kappa shape index (κ3) is 4.90. The minimum absolute atomic E-state index is 0.106. The maximum absolute atomic E-state index is 12.4. The highest BCUT2D eigenvalue weighted by Crippen LogP contribution is 2.29. The molecule has 1 fully saturated rings. The molecule has 21 heavy (non-hydrogen) atoms. The van der Waals surface area contributed by atoms with Crippen molar-refractivity contribution in [2.45, 2.75) is 65.8 Å².